The van der Waals surface area contributed by atoms with Gasteiger partial charge in [-0.25, -0.2) is 17.8 Å². The van der Waals surface area contributed by atoms with Crippen molar-refractivity contribution in [3.05, 3.63) is 46.8 Å². The van der Waals surface area contributed by atoms with E-state index in [0.717, 1.165) is 6.26 Å². The molecule has 0 bridgehead atoms. The Bertz CT molecular complexity index is 971. The third kappa shape index (κ3) is 2.81. The number of nitrogens with one attached hydrogen (secondary N) is 1. The summed E-state index contributed by atoms with van der Waals surface area (Å²) in [4.78, 5) is 4.34. The fourth-order valence-electron chi connectivity index (χ4n) is 2.01. The van der Waals surface area contributed by atoms with Crippen molar-refractivity contribution in [1.82, 2.24) is 14.6 Å². The van der Waals surface area contributed by atoms with Gasteiger partial charge >= 0.3 is 0 Å². The number of hydrogen-bond acceptors (Lipinski definition) is 4. The molecule has 0 spiro atoms. The zero-order valence-corrected chi connectivity index (χ0v) is 13.7. The van der Waals surface area contributed by atoms with Crippen molar-refractivity contribution in [2.75, 3.05) is 11.0 Å². The van der Waals surface area contributed by atoms with Crippen molar-refractivity contribution >= 4 is 37.4 Å². The number of benzene rings is 1. The van der Waals surface area contributed by atoms with Gasteiger partial charge in [0.1, 0.15) is 11.6 Å². The molecule has 0 saturated heterocycles. The van der Waals surface area contributed by atoms with E-state index in [4.69, 9.17) is 0 Å². The van der Waals surface area contributed by atoms with E-state index in [1.807, 2.05) is 0 Å². The number of halogens is 2. The Balaban J connectivity index is 2.29. The molecule has 2 heterocycles. The van der Waals surface area contributed by atoms with Crippen LogP contribution in [0.25, 0.3) is 16.9 Å². The fraction of sp³-hybridized carbons (Fsp3) is 0.0769. The fourth-order valence-corrected chi connectivity index (χ4v) is 2.88. The molecule has 0 saturated carbocycles. The van der Waals surface area contributed by atoms with Crippen molar-refractivity contribution in [1.29, 1.82) is 0 Å². The highest BCUT2D eigenvalue weighted by atomic mass is 79.9. The number of aromatic nitrogens is 3. The smallest absolute Gasteiger partial charge is 0.230 e. The van der Waals surface area contributed by atoms with Crippen LogP contribution < -0.4 is 4.72 Å². The van der Waals surface area contributed by atoms with Crippen LogP contribution in [-0.4, -0.2) is 29.3 Å². The van der Waals surface area contributed by atoms with Gasteiger partial charge < -0.3 is 0 Å². The molecular formula is C13H10BrFN4O2S. The van der Waals surface area contributed by atoms with E-state index >= 15 is 0 Å². The molecule has 0 atom stereocenters. The highest BCUT2D eigenvalue weighted by molar-refractivity contribution is 9.10. The molecule has 22 heavy (non-hydrogen) atoms. The molecule has 0 aliphatic carbocycles. The van der Waals surface area contributed by atoms with Crippen molar-refractivity contribution in [3.63, 3.8) is 0 Å². The van der Waals surface area contributed by atoms with E-state index in [0.29, 0.717) is 15.8 Å². The minimum atomic E-state index is -3.52. The summed E-state index contributed by atoms with van der Waals surface area (Å²) in [7, 11) is -3.52. The maximum Gasteiger partial charge on any atom is 0.230 e. The molecule has 9 heteroatoms. The Morgan fingerprint density at radius 2 is 2.05 bits per heavy atom. The van der Waals surface area contributed by atoms with Crippen LogP contribution in [-0.2, 0) is 10.0 Å². The summed E-state index contributed by atoms with van der Waals surface area (Å²) in [5.41, 5.74) is 0.958. The number of fused-ring (bicyclic) bond motifs is 1. The number of hydrogen-bond donors (Lipinski definition) is 1. The first-order valence-electron chi connectivity index (χ1n) is 6.12. The Morgan fingerprint density at radius 3 is 2.73 bits per heavy atom. The average Bonchev–Trinajstić information content (AvgIpc) is 2.80. The van der Waals surface area contributed by atoms with Gasteiger partial charge in [0.2, 0.25) is 10.0 Å². The molecule has 0 fully saturated rings. The molecule has 0 unspecified atom stereocenters. The highest BCUT2D eigenvalue weighted by Gasteiger charge is 2.15. The lowest BCUT2D eigenvalue weighted by Gasteiger charge is -2.09. The second kappa shape index (κ2) is 5.33. The summed E-state index contributed by atoms with van der Waals surface area (Å²) in [5, 5.41) is 4.05. The summed E-state index contributed by atoms with van der Waals surface area (Å²) >= 11 is 3.29. The Kier molecular flexibility index (Phi) is 3.61. The van der Waals surface area contributed by atoms with Crippen LogP contribution in [0.2, 0.25) is 0 Å². The molecular weight excluding hydrogens is 375 g/mol. The molecule has 3 aromatic rings. The van der Waals surface area contributed by atoms with Crippen LogP contribution in [0.15, 0.2) is 41.0 Å². The third-order valence-corrected chi connectivity index (χ3v) is 4.01. The summed E-state index contributed by atoms with van der Waals surface area (Å²) in [6.45, 7) is 0. The van der Waals surface area contributed by atoms with Gasteiger partial charge in [0.15, 0.2) is 5.65 Å². The normalized spacial score (nSPS) is 11.8. The maximum absolute atomic E-state index is 14.0. The molecule has 0 aliphatic heterocycles. The molecule has 0 radical (unpaired) electrons. The molecule has 2 aromatic heterocycles. The van der Waals surface area contributed by atoms with Crippen molar-refractivity contribution in [3.8, 4) is 11.3 Å². The lowest BCUT2D eigenvalue weighted by atomic mass is 10.1. The second-order valence-electron chi connectivity index (χ2n) is 4.61. The van der Waals surface area contributed by atoms with Crippen LogP contribution in [0.1, 0.15) is 0 Å². The largest absolute Gasteiger partial charge is 0.267 e. The SMILES string of the molecule is CS(=O)(=O)Nc1cc(-c2ccccc2F)nc2c(Br)cnn12. The van der Waals surface area contributed by atoms with Crippen molar-refractivity contribution in [2.45, 2.75) is 0 Å². The first kappa shape index (κ1) is 14.9. The Morgan fingerprint density at radius 1 is 1.32 bits per heavy atom. The van der Waals surface area contributed by atoms with E-state index in [1.54, 1.807) is 18.2 Å². The zero-order valence-electron chi connectivity index (χ0n) is 11.3. The number of sulfonamides is 1. The van der Waals surface area contributed by atoms with Gasteiger partial charge in [-0.1, -0.05) is 12.1 Å². The van der Waals surface area contributed by atoms with Gasteiger partial charge in [-0.2, -0.15) is 9.61 Å². The molecule has 6 nitrogen and oxygen atoms in total. The van der Waals surface area contributed by atoms with E-state index in [-0.39, 0.29) is 11.4 Å². The van der Waals surface area contributed by atoms with Crippen LogP contribution in [0.5, 0.6) is 0 Å². The van der Waals surface area contributed by atoms with Gasteiger partial charge in [0.05, 0.1) is 22.6 Å². The predicted octanol–water partition coefficient (Wildman–Crippen LogP) is 2.67. The molecule has 0 aliphatic rings. The molecule has 1 N–H and O–H groups in total. The lowest BCUT2D eigenvalue weighted by Crippen LogP contribution is -2.13. The summed E-state index contributed by atoms with van der Waals surface area (Å²) in [5.74, 6) is -0.267. The summed E-state index contributed by atoms with van der Waals surface area (Å²) in [6, 6.07) is 7.58. The summed E-state index contributed by atoms with van der Waals surface area (Å²) in [6.07, 6.45) is 2.52. The minimum absolute atomic E-state index is 0.177. The highest BCUT2D eigenvalue weighted by Crippen LogP contribution is 2.27. The van der Waals surface area contributed by atoms with Crippen molar-refractivity contribution < 1.29 is 12.8 Å². The first-order chi connectivity index (χ1) is 10.3. The van der Waals surface area contributed by atoms with E-state index in [1.165, 1.54) is 22.8 Å². The number of anilines is 1. The molecule has 3 rings (SSSR count). The Labute approximate surface area is 134 Å². The van der Waals surface area contributed by atoms with Crippen LogP contribution >= 0.6 is 15.9 Å². The lowest BCUT2D eigenvalue weighted by molar-refractivity contribution is 0.606. The average molecular weight is 385 g/mol. The standard InChI is InChI=1S/C13H10BrFN4O2S/c1-22(20,21)18-12-6-11(8-4-2-3-5-10(8)15)17-13-9(14)7-16-19(12)13/h2-7,18H,1H3. The Hall–Kier alpha value is -2.00. The van der Waals surface area contributed by atoms with Crippen molar-refractivity contribution in [2.24, 2.45) is 0 Å². The second-order valence-corrected chi connectivity index (χ2v) is 7.21. The monoisotopic (exact) mass is 384 g/mol. The van der Waals surface area contributed by atoms with Gasteiger partial charge in [0.25, 0.3) is 0 Å². The van der Waals surface area contributed by atoms with Gasteiger partial charge in [-0.3, -0.25) is 4.72 Å². The van der Waals surface area contributed by atoms with E-state index < -0.39 is 15.8 Å². The van der Waals surface area contributed by atoms with E-state index in [2.05, 4.69) is 30.7 Å². The van der Waals surface area contributed by atoms with Gasteiger partial charge in [0, 0.05) is 11.6 Å². The predicted molar refractivity (Wildman–Crippen MR) is 84.5 cm³/mol. The van der Waals surface area contributed by atoms with Crippen LogP contribution in [0.4, 0.5) is 10.2 Å². The van der Waals surface area contributed by atoms with Gasteiger partial charge in [-0.15, -0.1) is 0 Å². The van der Waals surface area contributed by atoms with Crippen LogP contribution in [0, 0.1) is 5.82 Å². The van der Waals surface area contributed by atoms with E-state index in [9.17, 15) is 12.8 Å². The van der Waals surface area contributed by atoms with Crippen LogP contribution in [0.3, 0.4) is 0 Å². The maximum atomic E-state index is 14.0. The summed E-state index contributed by atoms with van der Waals surface area (Å²) < 4.78 is 41.2. The molecule has 0 amide bonds. The minimum Gasteiger partial charge on any atom is -0.267 e. The number of rotatable bonds is 3. The number of nitrogens with zero attached hydrogens (tertiary/aromatic N) is 3. The first-order valence-corrected chi connectivity index (χ1v) is 8.80. The van der Waals surface area contributed by atoms with Gasteiger partial charge in [-0.05, 0) is 28.1 Å². The quantitative estimate of drug-likeness (QED) is 0.752. The molecule has 1 aromatic carbocycles. The topological polar surface area (TPSA) is 76.4 Å². The zero-order chi connectivity index (χ0) is 15.9. The molecule has 114 valence electrons. The third-order valence-electron chi connectivity index (χ3n) is 2.87.